The zero-order valence-corrected chi connectivity index (χ0v) is 16.7. The fourth-order valence-corrected chi connectivity index (χ4v) is 3.73. The van der Waals surface area contributed by atoms with Crippen molar-refractivity contribution in [3.8, 4) is 11.5 Å². The molecule has 1 amide bonds. The lowest BCUT2D eigenvalue weighted by Gasteiger charge is -2.21. The summed E-state index contributed by atoms with van der Waals surface area (Å²) in [6.07, 6.45) is 4.07. The smallest absolute Gasteiger partial charge is 0.387 e. The number of aromatic amines is 1. The number of amides is 1. The van der Waals surface area contributed by atoms with Crippen LogP contribution in [-0.2, 0) is 4.79 Å². The number of carbonyl (C=O) groups excluding carboxylic acids is 1. The van der Waals surface area contributed by atoms with Gasteiger partial charge in [-0.3, -0.25) is 4.79 Å². The number of para-hydroxylation sites is 2. The van der Waals surface area contributed by atoms with Crippen LogP contribution in [0.15, 0.2) is 48.5 Å². The molecule has 0 aliphatic carbocycles. The molecule has 4 rings (SSSR count). The number of fused-ring (bicyclic) bond motifs is 1. The summed E-state index contributed by atoms with van der Waals surface area (Å²) in [4.78, 5) is 22.3. The average molecular weight is 449 g/mol. The molecule has 1 aromatic heterocycles. The summed E-state index contributed by atoms with van der Waals surface area (Å²) in [5.74, 6) is -0.356. The SMILES string of the molecule is O=C(/C=C/c1ccc(OC(F)F)cc1OC(F)F)N1CCC[C@@H]1c1nc2ccccc2[nH]1. The number of hydrogen-bond donors (Lipinski definition) is 1. The van der Waals surface area contributed by atoms with Crippen LogP contribution in [0.4, 0.5) is 17.6 Å². The Morgan fingerprint density at radius 1 is 1.12 bits per heavy atom. The predicted octanol–water partition coefficient (Wildman–Crippen LogP) is 5.14. The van der Waals surface area contributed by atoms with E-state index < -0.39 is 13.2 Å². The van der Waals surface area contributed by atoms with Gasteiger partial charge in [-0.1, -0.05) is 12.1 Å². The zero-order chi connectivity index (χ0) is 22.7. The molecule has 1 saturated heterocycles. The molecule has 168 valence electrons. The Balaban J connectivity index is 1.54. The van der Waals surface area contributed by atoms with E-state index in [0.717, 1.165) is 29.9 Å². The Morgan fingerprint density at radius 2 is 1.91 bits per heavy atom. The van der Waals surface area contributed by atoms with Crippen LogP contribution in [0.3, 0.4) is 0 Å². The number of rotatable bonds is 7. The number of benzene rings is 2. The number of aromatic nitrogens is 2. The maximum Gasteiger partial charge on any atom is 0.387 e. The van der Waals surface area contributed by atoms with Crippen molar-refractivity contribution in [1.82, 2.24) is 14.9 Å². The number of imidazole rings is 1. The Bertz CT molecular complexity index is 1100. The summed E-state index contributed by atoms with van der Waals surface area (Å²) in [6, 6.07) is 10.7. The molecule has 0 saturated carbocycles. The molecule has 3 aromatic rings. The van der Waals surface area contributed by atoms with E-state index in [1.807, 2.05) is 24.3 Å². The van der Waals surface area contributed by atoms with Crippen molar-refractivity contribution >= 4 is 23.0 Å². The minimum absolute atomic E-state index is 0.125. The van der Waals surface area contributed by atoms with Crippen LogP contribution in [0, 0.1) is 0 Å². The highest BCUT2D eigenvalue weighted by molar-refractivity contribution is 5.92. The molecule has 1 N–H and O–H groups in total. The van der Waals surface area contributed by atoms with E-state index in [1.165, 1.54) is 24.3 Å². The highest BCUT2D eigenvalue weighted by atomic mass is 19.3. The fourth-order valence-electron chi connectivity index (χ4n) is 3.73. The molecule has 1 atom stereocenters. The molecule has 6 nitrogen and oxygen atoms in total. The van der Waals surface area contributed by atoms with Gasteiger partial charge >= 0.3 is 13.2 Å². The molecule has 1 fully saturated rings. The van der Waals surface area contributed by atoms with Gasteiger partial charge in [0.25, 0.3) is 0 Å². The summed E-state index contributed by atoms with van der Waals surface area (Å²) in [7, 11) is 0. The van der Waals surface area contributed by atoms with E-state index in [4.69, 9.17) is 0 Å². The summed E-state index contributed by atoms with van der Waals surface area (Å²) < 4.78 is 58.9. The van der Waals surface area contributed by atoms with E-state index in [-0.39, 0.29) is 29.0 Å². The highest BCUT2D eigenvalue weighted by Crippen LogP contribution is 2.32. The van der Waals surface area contributed by atoms with Crippen LogP contribution in [0.5, 0.6) is 11.5 Å². The van der Waals surface area contributed by atoms with Gasteiger partial charge in [0.2, 0.25) is 5.91 Å². The number of nitrogens with zero attached hydrogens (tertiary/aromatic N) is 2. The quantitative estimate of drug-likeness (QED) is 0.401. The van der Waals surface area contributed by atoms with Crippen LogP contribution in [0.2, 0.25) is 0 Å². The topological polar surface area (TPSA) is 67.5 Å². The van der Waals surface area contributed by atoms with Gasteiger partial charge in [-0.15, -0.1) is 0 Å². The van der Waals surface area contributed by atoms with Gasteiger partial charge in [0.1, 0.15) is 17.3 Å². The van der Waals surface area contributed by atoms with Gasteiger partial charge in [-0.05, 0) is 43.2 Å². The second-order valence-corrected chi connectivity index (χ2v) is 7.12. The lowest BCUT2D eigenvalue weighted by Crippen LogP contribution is -2.29. The monoisotopic (exact) mass is 449 g/mol. The van der Waals surface area contributed by atoms with Gasteiger partial charge in [-0.2, -0.15) is 17.6 Å². The number of H-pyrrole nitrogens is 1. The van der Waals surface area contributed by atoms with Crippen molar-refractivity contribution in [2.75, 3.05) is 6.54 Å². The van der Waals surface area contributed by atoms with Crippen LogP contribution in [0.25, 0.3) is 17.1 Å². The zero-order valence-electron chi connectivity index (χ0n) is 16.7. The molecule has 2 aromatic carbocycles. The van der Waals surface area contributed by atoms with Crippen molar-refractivity contribution in [2.24, 2.45) is 0 Å². The molecule has 0 unspecified atom stereocenters. The Morgan fingerprint density at radius 3 is 2.66 bits per heavy atom. The van der Waals surface area contributed by atoms with Gasteiger partial charge in [0.05, 0.1) is 17.1 Å². The molecule has 0 radical (unpaired) electrons. The van der Waals surface area contributed by atoms with Gasteiger partial charge in [0.15, 0.2) is 0 Å². The van der Waals surface area contributed by atoms with E-state index in [2.05, 4.69) is 19.4 Å². The Hall–Kier alpha value is -3.56. The molecule has 32 heavy (non-hydrogen) atoms. The van der Waals surface area contributed by atoms with Crippen LogP contribution in [-0.4, -0.2) is 40.5 Å². The number of hydrogen-bond acceptors (Lipinski definition) is 4. The minimum Gasteiger partial charge on any atom is -0.435 e. The first-order chi connectivity index (χ1) is 15.4. The van der Waals surface area contributed by atoms with Gasteiger partial charge in [-0.25, -0.2) is 4.98 Å². The third-order valence-electron chi connectivity index (χ3n) is 5.09. The standard InChI is InChI=1S/C22H19F4N3O3/c23-21(24)31-14-9-7-13(18(12-14)32-22(25)26)8-10-19(30)29-11-3-6-17(29)20-27-15-4-1-2-5-16(15)28-20/h1-2,4-5,7-10,12,17,21-22H,3,6,11H2,(H,27,28)/b10-8+/t17-/m1/s1. The van der Waals surface area contributed by atoms with Crippen LogP contribution >= 0.6 is 0 Å². The molecular formula is C22H19F4N3O3. The van der Waals surface area contributed by atoms with Crippen molar-refractivity contribution in [1.29, 1.82) is 0 Å². The number of halogens is 4. The second kappa shape index (κ2) is 9.29. The Kier molecular flexibility index (Phi) is 6.29. The second-order valence-electron chi connectivity index (χ2n) is 7.12. The van der Waals surface area contributed by atoms with E-state index in [9.17, 15) is 22.4 Å². The number of ether oxygens (including phenoxy) is 2. The van der Waals surface area contributed by atoms with E-state index >= 15 is 0 Å². The normalized spacial score (nSPS) is 16.6. The number of likely N-dealkylation sites (tertiary alicyclic amines) is 1. The summed E-state index contributed by atoms with van der Waals surface area (Å²) >= 11 is 0. The summed E-state index contributed by atoms with van der Waals surface area (Å²) in [5.41, 5.74) is 1.80. The lowest BCUT2D eigenvalue weighted by molar-refractivity contribution is -0.127. The predicted molar refractivity (Wildman–Crippen MR) is 109 cm³/mol. The van der Waals surface area contributed by atoms with E-state index in [1.54, 1.807) is 4.90 Å². The maximum atomic E-state index is 12.8. The molecule has 0 bridgehead atoms. The number of nitrogens with one attached hydrogen (secondary N) is 1. The van der Waals surface area contributed by atoms with Gasteiger partial charge in [0, 0.05) is 24.3 Å². The molecule has 1 aliphatic rings. The minimum atomic E-state index is -3.17. The molecule has 0 spiro atoms. The maximum absolute atomic E-state index is 12.8. The largest absolute Gasteiger partial charge is 0.435 e. The molecule has 10 heteroatoms. The van der Waals surface area contributed by atoms with Crippen molar-refractivity contribution in [3.05, 3.63) is 59.9 Å². The lowest BCUT2D eigenvalue weighted by atomic mass is 10.1. The molecule has 2 heterocycles. The van der Waals surface area contributed by atoms with Crippen LogP contribution < -0.4 is 9.47 Å². The van der Waals surface area contributed by atoms with Gasteiger partial charge < -0.3 is 19.4 Å². The molecular weight excluding hydrogens is 430 g/mol. The third kappa shape index (κ3) is 4.84. The van der Waals surface area contributed by atoms with Crippen LogP contribution in [0.1, 0.15) is 30.3 Å². The van der Waals surface area contributed by atoms with Crippen molar-refractivity contribution in [3.63, 3.8) is 0 Å². The van der Waals surface area contributed by atoms with Crippen molar-refractivity contribution in [2.45, 2.75) is 32.1 Å². The highest BCUT2D eigenvalue weighted by Gasteiger charge is 2.31. The number of carbonyl (C=O) groups is 1. The first-order valence-electron chi connectivity index (χ1n) is 9.87. The first kappa shape index (κ1) is 21.7. The summed E-state index contributed by atoms with van der Waals surface area (Å²) in [6.45, 7) is -5.76. The summed E-state index contributed by atoms with van der Waals surface area (Å²) in [5, 5.41) is 0. The van der Waals surface area contributed by atoms with E-state index in [0.29, 0.717) is 12.4 Å². The Labute approximate surface area is 180 Å². The average Bonchev–Trinajstić information content (AvgIpc) is 3.39. The third-order valence-corrected chi connectivity index (χ3v) is 5.09. The number of alkyl halides is 4. The molecule has 1 aliphatic heterocycles. The van der Waals surface area contributed by atoms with Crippen molar-refractivity contribution < 1.29 is 31.8 Å². The first-order valence-corrected chi connectivity index (χ1v) is 9.87. The fraction of sp³-hybridized carbons (Fsp3) is 0.273.